The van der Waals surface area contributed by atoms with Gasteiger partial charge in [-0.25, -0.2) is 14.4 Å². The van der Waals surface area contributed by atoms with E-state index < -0.39 is 23.8 Å². The summed E-state index contributed by atoms with van der Waals surface area (Å²) < 4.78 is 0. The fourth-order valence-electron chi connectivity index (χ4n) is 1.91. The summed E-state index contributed by atoms with van der Waals surface area (Å²) in [5.74, 6) is -4.44. The van der Waals surface area contributed by atoms with E-state index >= 15 is 0 Å². The third kappa shape index (κ3) is 3.74. The minimum atomic E-state index is -1.33. The summed E-state index contributed by atoms with van der Waals surface area (Å²) in [6.07, 6.45) is 0. The summed E-state index contributed by atoms with van der Waals surface area (Å²) in [4.78, 5) is 44.9. The molecule has 1 amide bonds. The maximum Gasteiger partial charge on any atom is 0.335 e. The van der Waals surface area contributed by atoms with Crippen LogP contribution in [0.15, 0.2) is 42.5 Å². The molecule has 0 spiro atoms. The highest BCUT2D eigenvalue weighted by atomic mass is 16.4. The van der Waals surface area contributed by atoms with Crippen molar-refractivity contribution < 1.29 is 34.5 Å². The minimum Gasteiger partial charge on any atom is -0.478 e. The van der Waals surface area contributed by atoms with Crippen LogP contribution in [0.4, 0.5) is 5.69 Å². The summed E-state index contributed by atoms with van der Waals surface area (Å²) in [5, 5.41) is 29.2. The Labute approximate surface area is 135 Å². The average molecular weight is 329 g/mol. The van der Waals surface area contributed by atoms with Gasteiger partial charge in [-0.2, -0.15) is 0 Å². The van der Waals surface area contributed by atoms with Crippen molar-refractivity contribution in [3.05, 3.63) is 64.7 Å². The fraction of sp³-hybridized carbons (Fsp3) is 0. The molecule has 2 aromatic rings. The van der Waals surface area contributed by atoms with Crippen molar-refractivity contribution in [2.45, 2.75) is 0 Å². The molecule has 0 heterocycles. The molecule has 0 saturated carbocycles. The van der Waals surface area contributed by atoms with E-state index in [1.807, 2.05) is 0 Å². The first-order valence-electron chi connectivity index (χ1n) is 6.54. The summed E-state index contributed by atoms with van der Waals surface area (Å²) >= 11 is 0. The van der Waals surface area contributed by atoms with Crippen LogP contribution in [0.2, 0.25) is 0 Å². The molecule has 0 aliphatic heterocycles. The molecule has 0 unspecified atom stereocenters. The number of nitrogens with one attached hydrogen (secondary N) is 1. The number of anilines is 1. The molecule has 0 saturated heterocycles. The van der Waals surface area contributed by atoms with Crippen LogP contribution in [0.1, 0.15) is 41.4 Å². The maximum absolute atomic E-state index is 12.1. The third-order valence-electron chi connectivity index (χ3n) is 3.08. The van der Waals surface area contributed by atoms with Crippen molar-refractivity contribution in [3.63, 3.8) is 0 Å². The zero-order valence-electron chi connectivity index (χ0n) is 12.0. The van der Waals surface area contributed by atoms with Crippen molar-refractivity contribution in [1.82, 2.24) is 0 Å². The molecular weight excluding hydrogens is 318 g/mol. The molecule has 2 rings (SSSR count). The van der Waals surface area contributed by atoms with E-state index in [-0.39, 0.29) is 27.9 Å². The first-order chi connectivity index (χ1) is 11.3. The van der Waals surface area contributed by atoms with E-state index in [0.717, 1.165) is 18.2 Å². The number of hydrogen-bond acceptors (Lipinski definition) is 4. The Bertz CT molecular complexity index is 808. The number of hydrogen-bond donors (Lipinski definition) is 4. The number of carboxylic acids is 3. The lowest BCUT2D eigenvalue weighted by atomic mass is 10.1. The van der Waals surface area contributed by atoms with Crippen LogP contribution in [0.3, 0.4) is 0 Å². The Morgan fingerprint density at radius 3 is 1.46 bits per heavy atom. The highest BCUT2D eigenvalue weighted by molar-refractivity contribution is 6.06. The van der Waals surface area contributed by atoms with Crippen LogP contribution in [-0.4, -0.2) is 39.1 Å². The molecule has 0 aliphatic rings. The Hall–Kier alpha value is -3.68. The summed E-state index contributed by atoms with van der Waals surface area (Å²) in [6, 6.07) is 8.29. The van der Waals surface area contributed by atoms with Crippen molar-refractivity contribution >= 4 is 29.5 Å². The second-order valence-corrected chi connectivity index (χ2v) is 4.75. The molecular formula is C16H11NO7. The summed E-state index contributed by atoms with van der Waals surface area (Å²) in [5.41, 5.74) is -0.428. The average Bonchev–Trinajstić information content (AvgIpc) is 2.54. The number of carbonyl (C=O) groups excluding carboxylic acids is 1. The second-order valence-electron chi connectivity index (χ2n) is 4.75. The Morgan fingerprint density at radius 1 is 0.625 bits per heavy atom. The number of carbonyl (C=O) groups is 4. The van der Waals surface area contributed by atoms with E-state index in [4.69, 9.17) is 15.3 Å². The quantitative estimate of drug-likeness (QED) is 0.657. The molecule has 0 radical (unpaired) electrons. The van der Waals surface area contributed by atoms with Crippen molar-refractivity contribution in [1.29, 1.82) is 0 Å². The van der Waals surface area contributed by atoms with E-state index in [9.17, 15) is 19.2 Å². The van der Waals surface area contributed by atoms with Crippen LogP contribution in [0.5, 0.6) is 0 Å². The van der Waals surface area contributed by atoms with Crippen LogP contribution in [-0.2, 0) is 0 Å². The van der Waals surface area contributed by atoms with Gasteiger partial charge in [-0.3, -0.25) is 4.79 Å². The Balaban J connectivity index is 2.29. The lowest BCUT2D eigenvalue weighted by Gasteiger charge is -2.08. The van der Waals surface area contributed by atoms with Crippen LogP contribution >= 0.6 is 0 Å². The summed E-state index contributed by atoms with van der Waals surface area (Å²) in [6.45, 7) is 0. The number of benzene rings is 2. The second kappa shape index (κ2) is 6.61. The lowest BCUT2D eigenvalue weighted by Crippen LogP contribution is -2.14. The van der Waals surface area contributed by atoms with Gasteiger partial charge >= 0.3 is 17.9 Å². The molecule has 8 nitrogen and oxygen atoms in total. The SMILES string of the molecule is O=C(O)c1ccc(C(=O)Nc2cc(C(=O)O)cc(C(=O)O)c2)cc1. The van der Waals surface area contributed by atoms with Gasteiger partial charge in [0.2, 0.25) is 0 Å². The molecule has 122 valence electrons. The van der Waals surface area contributed by atoms with Crippen molar-refractivity contribution in [3.8, 4) is 0 Å². The topological polar surface area (TPSA) is 141 Å². The predicted molar refractivity (Wildman–Crippen MR) is 81.7 cm³/mol. The molecule has 2 aromatic carbocycles. The van der Waals surface area contributed by atoms with Crippen LogP contribution in [0, 0.1) is 0 Å². The third-order valence-corrected chi connectivity index (χ3v) is 3.08. The Morgan fingerprint density at radius 2 is 1.04 bits per heavy atom. The summed E-state index contributed by atoms with van der Waals surface area (Å²) in [7, 11) is 0. The van der Waals surface area contributed by atoms with Gasteiger partial charge < -0.3 is 20.6 Å². The zero-order chi connectivity index (χ0) is 17.9. The van der Waals surface area contributed by atoms with Gasteiger partial charge in [0.1, 0.15) is 0 Å². The highest BCUT2D eigenvalue weighted by Gasteiger charge is 2.14. The zero-order valence-corrected chi connectivity index (χ0v) is 12.0. The van der Waals surface area contributed by atoms with Crippen molar-refractivity contribution in [2.75, 3.05) is 5.32 Å². The van der Waals surface area contributed by atoms with E-state index in [2.05, 4.69) is 5.32 Å². The lowest BCUT2D eigenvalue weighted by molar-refractivity contribution is 0.0682. The number of carboxylic acid groups (broad SMARTS) is 3. The standard InChI is InChI=1S/C16H11NO7/c18-13(8-1-3-9(4-2-8)14(19)20)17-12-6-10(15(21)22)5-11(7-12)16(23)24/h1-7H,(H,17,18)(H,19,20)(H,21,22)(H,23,24). The molecule has 0 bridgehead atoms. The molecule has 8 heteroatoms. The number of aromatic carboxylic acids is 3. The van der Waals surface area contributed by atoms with Gasteiger partial charge in [-0.05, 0) is 42.5 Å². The largest absolute Gasteiger partial charge is 0.478 e. The minimum absolute atomic E-state index is 0.000360. The molecule has 0 atom stereocenters. The van der Waals surface area contributed by atoms with Crippen LogP contribution in [0.25, 0.3) is 0 Å². The fourth-order valence-corrected chi connectivity index (χ4v) is 1.91. The van der Waals surface area contributed by atoms with Crippen molar-refractivity contribution in [2.24, 2.45) is 0 Å². The number of rotatable bonds is 5. The molecule has 0 aromatic heterocycles. The van der Waals surface area contributed by atoms with Gasteiger partial charge in [0.25, 0.3) is 5.91 Å². The first-order valence-corrected chi connectivity index (χ1v) is 6.54. The normalized spacial score (nSPS) is 10.0. The van der Waals surface area contributed by atoms with E-state index in [1.165, 1.54) is 24.3 Å². The molecule has 4 N–H and O–H groups in total. The predicted octanol–water partition coefficient (Wildman–Crippen LogP) is 2.03. The Kier molecular flexibility index (Phi) is 4.60. The van der Waals surface area contributed by atoms with Gasteiger partial charge in [0.15, 0.2) is 0 Å². The highest BCUT2D eigenvalue weighted by Crippen LogP contribution is 2.17. The monoisotopic (exact) mass is 329 g/mol. The molecule has 24 heavy (non-hydrogen) atoms. The van der Waals surface area contributed by atoms with Gasteiger partial charge in [0.05, 0.1) is 16.7 Å². The van der Waals surface area contributed by atoms with Gasteiger partial charge in [-0.15, -0.1) is 0 Å². The maximum atomic E-state index is 12.1. The van der Waals surface area contributed by atoms with E-state index in [0.29, 0.717) is 0 Å². The molecule has 0 fully saturated rings. The van der Waals surface area contributed by atoms with Gasteiger partial charge in [0, 0.05) is 11.3 Å². The molecule has 0 aliphatic carbocycles. The van der Waals surface area contributed by atoms with Crippen LogP contribution < -0.4 is 5.32 Å². The van der Waals surface area contributed by atoms with E-state index in [1.54, 1.807) is 0 Å². The smallest absolute Gasteiger partial charge is 0.335 e. The first kappa shape index (κ1) is 16.7. The van der Waals surface area contributed by atoms with Gasteiger partial charge in [-0.1, -0.05) is 0 Å². The number of amides is 1.